The molecule has 8 heteroatoms. The molecule has 2 aromatic rings. The van der Waals surface area contributed by atoms with Crippen molar-refractivity contribution in [2.45, 2.75) is 33.7 Å². The normalized spacial score (nSPS) is 10.6. The molecule has 1 N–H and O–H groups in total. The number of Topliss-reactive ketones (excluding diaryl/α,β-unsaturated/α-hetero) is 1. The smallest absolute Gasteiger partial charge is 0.338 e. The van der Waals surface area contributed by atoms with Crippen LogP contribution in [0.4, 0.5) is 0 Å². The van der Waals surface area contributed by atoms with Crippen molar-refractivity contribution in [3.63, 3.8) is 0 Å². The highest BCUT2D eigenvalue weighted by molar-refractivity contribution is 7.14. The lowest BCUT2D eigenvalue weighted by Gasteiger charge is -2.13. The predicted molar refractivity (Wildman–Crippen MR) is 114 cm³/mol. The van der Waals surface area contributed by atoms with Crippen molar-refractivity contribution in [1.82, 2.24) is 5.32 Å². The molecule has 30 heavy (non-hydrogen) atoms. The number of ether oxygens (including phenoxy) is 3. The molecule has 162 valence electrons. The van der Waals surface area contributed by atoms with Crippen LogP contribution in [0.5, 0.6) is 11.5 Å². The van der Waals surface area contributed by atoms with E-state index in [-0.39, 0.29) is 23.9 Å². The first-order valence-corrected chi connectivity index (χ1v) is 10.5. The standard InChI is InChI=1S/C22H27NO6S/c1-14(2)9-10-28-19-7-5-16(11-20(19)27-4)22(26)29-13-18(25)21-8-6-17(30-21)12-23-15(3)24/h5-8,11,14H,9-10,12-13H2,1-4H3,(H,23,24). The van der Waals surface area contributed by atoms with Crippen LogP contribution in [-0.2, 0) is 16.1 Å². The molecule has 0 aliphatic carbocycles. The predicted octanol–water partition coefficient (Wildman–Crippen LogP) is 3.86. The number of carbonyl (C=O) groups excluding carboxylic acids is 3. The minimum absolute atomic E-state index is 0.142. The fraction of sp³-hybridized carbons (Fsp3) is 0.409. The van der Waals surface area contributed by atoms with Gasteiger partial charge in [-0.25, -0.2) is 4.79 Å². The fourth-order valence-electron chi connectivity index (χ4n) is 2.44. The second kappa shape index (κ2) is 11.3. The third-order valence-corrected chi connectivity index (χ3v) is 5.26. The Morgan fingerprint density at radius 2 is 1.87 bits per heavy atom. The second-order valence-electron chi connectivity index (χ2n) is 7.07. The van der Waals surface area contributed by atoms with E-state index in [0.29, 0.717) is 35.4 Å². The number of amides is 1. The third kappa shape index (κ3) is 7.18. The number of esters is 1. The van der Waals surface area contributed by atoms with Gasteiger partial charge in [0.05, 0.1) is 30.7 Å². The molecule has 1 amide bonds. The molecule has 0 radical (unpaired) electrons. The van der Waals surface area contributed by atoms with E-state index in [9.17, 15) is 14.4 Å². The highest BCUT2D eigenvalue weighted by atomic mass is 32.1. The van der Waals surface area contributed by atoms with Gasteiger partial charge in [-0.05, 0) is 42.7 Å². The topological polar surface area (TPSA) is 90.9 Å². The Morgan fingerprint density at radius 1 is 1.10 bits per heavy atom. The van der Waals surface area contributed by atoms with Crippen molar-refractivity contribution in [3.8, 4) is 11.5 Å². The van der Waals surface area contributed by atoms with Crippen molar-refractivity contribution in [2.75, 3.05) is 20.3 Å². The molecule has 1 aromatic carbocycles. The first-order chi connectivity index (χ1) is 14.3. The molecule has 0 saturated carbocycles. The molecule has 1 aromatic heterocycles. The fourth-order valence-corrected chi connectivity index (χ4v) is 3.31. The van der Waals surface area contributed by atoms with Crippen LogP contribution in [0.3, 0.4) is 0 Å². The number of hydrogen-bond donors (Lipinski definition) is 1. The summed E-state index contributed by atoms with van der Waals surface area (Å²) in [5, 5.41) is 2.67. The number of nitrogens with one attached hydrogen (secondary N) is 1. The van der Waals surface area contributed by atoms with Crippen LogP contribution in [0.25, 0.3) is 0 Å². The zero-order chi connectivity index (χ0) is 22.1. The van der Waals surface area contributed by atoms with Crippen LogP contribution >= 0.6 is 11.3 Å². The van der Waals surface area contributed by atoms with Gasteiger partial charge in [0, 0.05) is 11.8 Å². The Morgan fingerprint density at radius 3 is 2.53 bits per heavy atom. The molecule has 0 aliphatic heterocycles. The minimum atomic E-state index is -0.620. The van der Waals surface area contributed by atoms with E-state index in [2.05, 4.69) is 19.2 Å². The molecule has 2 rings (SSSR count). The van der Waals surface area contributed by atoms with Crippen LogP contribution in [0, 0.1) is 5.92 Å². The van der Waals surface area contributed by atoms with E-state index < -0.39 is 5.97 Å². The first-order valence-electron chi connectivity index (χ1n) is 9.64. The SMILES string of the molecule is COc1cc(C(=O)OCC(=O)c2ccc(CNC(C)=O)s2)ccc1OCCC(C)C. The van der Waals surface area contributed by atoms with Crippen LogP contribution in [-0.4, -0.2) is 38.0 Å². The number of carbonyl (C=O) groups is 3. The van der Waals surface area contributed by atoms with E-state index in [4.69, 9.17) is 14.2 Å². The molecule has 1 heterocycles. The summed E-state index contributed by atoms with van der Waals surface area (Å²) in [6.07, 6.45) is 0.907. The van der Waals surface area contributed by atoms with Gasteiger partial charge in [0.25, 0.3) is 0 Å². The lowest BCUT2D eigenvalue weighted by Crippen LogP contribution is -2.18. The minimum Gasteiger partial charge on any atom is -0.493 e. The van der Waals surface area contributed by atoms with Gasteiger partial charge in [-0.2, -0.15) is 0 Å². The van der Waals surface area contributed by atoms with Crippen molar-refractivity contribution >= 4 is 29.0 Å². The van der Waals surface area contributed by atoms with Crippen molar-refractivity contribution in [1.29, 1.82) is 0 Å². The van der Waals surface area contributed by atoms with E-state index in [1.165, 1.54) is 31.4 Å². The summed E-state index contributed by atoms with van der Waals surface area (Å²) in [6.45, 7) is 6.20. The number of methoxy groups -OCH3 is 1. The maximum absolute atomic E-state index is 12.3. The summed E-state index contributed by atoms with van der Waals surface area (Å²) in [5.41, 5.74) is 0.272. The van der Waals surface area contributed by atoms with E-state index in [0.717, 1.165) is 11.3 Å². The Kier molecular flexibility index (Phi) is 8.86. The Labute approximate surface area is 180 Å². The average molecular weight is 434 g/mol. The van der Waals surface area contributed by atoms with Gasteiger partial charge in [0.2, 0.25) is 11.7 Å². The molecule has 0 aliphatic rings. The summed E-state index contributed by atoms with van der Waals surface area (Å²) < 4.78 is 16.2. The third-order valence-electron chi connectivity index (χ3n) is 4.13. The average Bonchev–Trinajstić information content (AvgIpc) is 3.19. The first kappa shape index (κ1) is 23.4. The molecule has 0 unspecified atom stereocenters. The lowest BCUT2D eigenvalue weighted by atomic mass is 10.1. The van der Waals surface area contributed by atoms with Gasteiger partial charge in [-0.1, -0.05) is 13.8 Å². The summed E-state index contributed by atoms with van der Waals surface area (Å²) in [5.74, 6) is 0.439. The highest BCUT2D eigenvalue weighted by Gasteiger charge is 2.16. The van der Waals surface area contributed by atoms with E-state index >= 15 is 0 Å². The number of ketones is 1. The molecule has 0 bridgehead atoms. The summed E-state index contributed by atoms with van der Waals surface area (Å²) in [6, 6.07) is 8.19. The summed E-state index contributed by atoms with van der Waals surface area (Å²) >= 11 is 1.26. The number of benzene rings is 1. The van der Waals surface area contributed by atoms with E-state index in [1.54, 1.807) is 24.3 Å². The van der Waals surface area contributed by atoms with Gasteiger partial charge >= 0.3 is 5.97 Å². The maximum Gasteiger partial charge on any atom is 0.338 e. The number of rotatable bonds is 11. The monoisotopic (exact) mass is 433 g/mol. The van der Waals surface area contributed by atoms with Crippen LogP contribution in [0.2, 0.25) is 0 Å². The molecular formula is C22H27NO6S. The van der Waals surface area contributed by atoms with Gasteiger partial charge in [0.15, 0.2) is 18.1 Å². The van der Waals surface area contributed by atoms with Gasteiger partial charge in [0.1, 0.15) is 0 Å². The second-order valence-corrected chi connectivity index (χ2v) is 8.24. The van der Waals surface area contributed by atoms with Crippen molar-refractivity contribution in [3.05, 3.63) is 45.6 Å². The number of hydrogen-bond acceptors (Lipinski definition) is 7. The molecule has 0 atom stereocenters. The lowest BCUT2D eigenvalue weighted by molar-refractivity contribution is -0.119. The maximum atomic E-state index is 12.3. The van der Waals surface area contributed by atoms with Crippen LogP contribution in [0.1, 0.15) is 52.1 Å². The van der Waals surface area contributed by atoms with Gasteiger partial charge in [-0.15, -0.1) is 11.3 Å². The van der Waals surface area contributed by atoms with Gasteiger partial charge in [-0.3, -0.25) is 9.59 Å². The van der Waals surface area contributed by atoms with Crippen LogP contribution < -0.4 is 14.8 Å². The zero-order valence-electron chi connectivity index (χ0n) is 17.7. The zero-order valence-corrected chi connectivity index (χ0v) is 18.5. The van der Waals surface area contributed by atoms with Crippen molar-refractivity contribution < 1.29 is 28.6 Å². The highest BCUT2D eigenvalue weighted by Crippen LogP contribution is 2.29. The Bertz CT molecular complexity index is 890. The Balaban J connectivity index is 1.92. The molecule has 0 saturated heterocycles. The number of thiophene rings is 1. The van der Waals surface area contributed by atoms with E-state index in [1.807, 2.05) is 0 Å². The Hall–Kier alpha value is -2.87. The molecule has 0 spiro atoms. The van der Waals surface area contributed by atoms with Crippen molar-refractivity contribution in [2.24, 2.45) is 5.92 Å². The van der Waals surface area contributed by atoms with Crippen LogP contribution in [0.15, 0.2) is 30.3 Å². The van der Waals surface area contributed by atoms with Gasteiger partial charge < -0.3 is 19.5 Å². The molecule has 0 fully saturated rings. The summed E-state index contributed by atoms with van der Waals surface area (Å²) in [7, 11) is 1.50. The summed E-state index contributed by atoms with van der Waals surface area (Å²) in [4.78, 5) is 36.9. The quantitative estimate of drug-likeness (QED) is 0.427. The largest absolute Gasteiger partial charge is 0.493 e. The molecular weight excluding hydrogens is 406 g/mol. The molecule has 7 nitrogen and oxygen atoms in total.